The average Bonchev–Trinajstić information content (AvgIpc) is 3.54. The van der Waals surface area contributed by atoms with Gasteiger partial charge < -0.3 is 14.7 Å². The monoisotopic (exact) mass is 474 g/mol. The number of phenols is 1. The number of likely N-dealkylation sites (tertiary alicyclic amines) is 2. The van der Waals surface area contributed by atoms with Crippen LogP contribution in [0.15, 0.2) is 42.5 Å². The fourth-order valence-electron chi connectivity index (χ4n) is 9.04. The Morgan fingerprint density at radius 1 is 1.14 bits per heavy atom. The number of carbonyl (C=O) groups is 1. The largest absolute Gasteiger partial charge is 0.508 e. The predicted octanol–water partition coefficient (Wildman–Crippen LogP) is 3.88. The minimum absolute atomic E-state index is 0.0339. The van der Waals surface area contributed by atoms with Crippen LogP contribution in [0.5, 0.6) is 5.75 Å². The van der Waals surface area contributed by atoms with E-state index in [4.69, 9.17) is 4.74 Å². The van der Waals surface area contributed by atoms with Gasteiger partial charge in [-0.05, 0) is 86.4 Å². The minimum Gasteiger partial charge on any atom is -0.508 e. The topological polar surface area (TPSA) is 53.0 Å². The second-order valence-electron chi connectivity index (χ2n) is 11.8. The summed E-state index contributed by atoms with van der Waals surface area (Å²) in [6.45, 7) is 2.73. The first-order chi connectivity index (χ1) is 17.0. The van der Waals surface area contributed by atoms with E-state index >= 15 is 0 Å². The van der Waals surface area contributed by atoms with Crippen molar-refractivity contribution in [3.05, 3.63) is 65.0 Å². The number of ether oxygens (including phenoxy) is 1. The highest BCUT2D eigenvalue weighted by Gasteiger charge is 2.78. The molecule has 5 nitrogen and oxygen atoms in total. The van der Waals surface area contributed by atoms with Crippen molar-refractivity contribution in [2.75, 3.05) is 19.6 Å². The third-order valence-corrected chi connectivity index (χ3v) is 10.4. The standard InChI is InChI=1S/C29H31FN2O3/c30-22-4-2-1-3-20(22)27(34)32-16-24-26-23(32)9-10-29(35-24)25-13-18-7-8-19(33)14-21(18)28(26,29)11-12-31(25)15-17-5-6-17/h1-4,7-8,14,17,23-26,33H,5-6,9-13,15-16H2/t23-,24-,25-,26+,28+,29-/m1/s1. The quantitative estimate of drug-likeness (QED) is 0.734. The molecular weight excluding hydrogens is 443 g/mol. The molecule has 0 radical (unpaired) electrons. The maximum atomic E-state index is 14.6. The van der Waals surface area contributed by atoms with Gasteiger partial charge in [0.25, 0.3) is 5.91 Å². The van der Waals surface area contributed by atoms with Crippen molar-refractivity contribution in [3.63, 3.8) is 0 Å². The lowest BCUT2D eigenvalue weighted by Crippen LogP contribution is -2.74. The van der Waals surface area contributed by atoms with Crippen LogP contribution in [0, 0.1) is 17.7 Å². The third-order valence-electron chi connectivity index (χ3n) is 10.4. The Bertz CT molecular complexity index is 1250. The van der Waals surface area contributed by atoms with Crippen LogP contribution in [0.4, 0.5) is 4.39 Å². The van der Waals surface area contributed by atoms with Crippen LogP contribution in [0.3, 0.4) is 0 Å². The van der Waals surface area contributed by atoms with E-state index < -0.39 is 5.82 Å². The van der Waals surface area contributed by atoms with Gasteiger partial charge in [-0.2, -0.15) is 0 Å². The highest BCUT2D eigenvalue weighted by Crippen LogP contribution is 2.69. The number of hydrogen-bond donors (Lipinski definition) is 1. The van der Waals surface area contributed by atoms with E-state index in [1.54, 1.807) is 18.2 Å². The molecule has 2 aromatic rings. The molecule has 0 unspecified atom stereocenters. The Morgan fingerprint density at radius 2 is 2.00 bits per heavy atom. The van der Waals surface area contributed by atoms with Gasteiger partial charge in [0, 0.05) is 36.5 Å². The van der Waals surface area contributed by atoms with Crippen molar-refractivity contribution in [1.29, 1.82) is 0 Å². The lowest BCUT2D eigenvalue weighted by molar-refractivity contribution is -0.171. The lowest BCUT2D eigenvalue weighted by atomic mass is 9.46. The summed E-state index contributed by atoms with van der Waals surface area (Å²) in [6.07, 6.45) is 6.39. The minimum atomic E-state index is -0.458. The molecule has 3 heterocycles. The molecule has 6 atom stereocenters. The molecule has 182 valence electrons. The zero-order valence-electron chi connectivity index (χ0n) is 19.8. The van der Waals surface area contributed by atoms with Crippen LogP contribution in [-0.4, -0.2) is 64.2 Å². The molecule has 3 saturated heterocycles. The van der Waals surface area contributed by atoms with Gasteiger partial charge in [0.15, 0.2) is 0 Å². The van der Waals surface area contributed by atoms with Crippen molar-refractivity contribution in [3.8, 4) is 5.75 Å². The summed E-state index contributed by atoms with van der Waals surface area (Å²) in [6, 6.07) is 12.6. The van der Waals surface area contributed by atoms with Crippen LogP contribution in [-0.2, 0) is 16.6 Å². The first-order valence-electron chi connectivity index (χ1n) is 13.3. The van der Waals surface area contributed by atoms with E-state index in [-0.39, 0.29) is 40.6 Å². The summed E-state index contributed by atoms with van der Waals surface area (Å²) in [5.41, 5.74) is 2.26. The van der Waals surface area contributed by atoms with Crippen molar-refractivity contribution in [1.82, 2.24) is 9.80 Å². The molecule has 35 heavy (non-hydrogen) atoms. The molecule has 2 aromatic carbocycles. The molecule has 0 spiro atoms. The van der Waals surface area contributed by atoms with E-state index in [9.17, 15) is 14.3 Å². The lowest BCUT2D eigenvalue weighted by Gasteiger charge is -2.64. The van der Waals surface area contributed by atoms with Crippen LogP contribution in [0.25, 0.3) is 0 Å². The van der Waals surface area contributed by atoms with Gasteiger partial charge in [-0.1, -0.05) is 18.2 Å². The Balaban J connectivity index is 1.25. The summed E-state index contributed by atoms with van der Waals surface area (Å²) >= 11 is 0. The Hall–Kier alpha value is -2.44. The number of aromatic hydroxyl groups is 1. The number of nitrogens with zero attached hydrogens (tertiary/aromatic N) is 2. The Kier molecular flexibility index (Phi) is 4.06. The smallest absolute Gasteiger partial charge is 0.257 e. The van der Waals surface area contributed by atoms with Gasteiger partial charge >= 0.3 is 0 Å². The van der Waals surface area contributed by atoms with Gasteiger partial charge in [-0.25, -0.2) is 4.39 Å². The Labute approximate surface area is 204 Å². The zero-order valence-corrected chi connectivity index (χ0v) is 19.8. The summed E-state index contributed by atoms with van der Waals surface area (Å²) in [5.74, 6) is 0.637. The molecule has 5 fully saturated rings. The Morgan fingerprint density at radius 3 is 2.83 bits per heavy atom. The van der Waals surface area contributed by atoms with Crippen LogP contribution >= 0.6 is 0 Å². The molecule has 3 aliphatic carbocycles. The number of piperidine rings is 1. The van der Waals surface area contributed by atoms with E-state index in [1.165, 1.54) is 30.0 Å². The van der Waals surface area contributed by atoms with Crippen molar-refractivity contribution < 1.29 is 19.0 Å². The highest BCUT2D eigenvalue weighted by atomic mass is 19.1. The van der Waals surface area contributed by atoms with Gasteiger partial charge in [0.2, 0.25) is 0 Å². The number of benzene rings is 2. The summed E-state index contributed by atoms with van der Waals surface area (Å²) in [7, 11) is 0. The molecular formula is C29H31FN2O3. The number of hydrogen-bond acceptors (Lipinski definition) is 4. The fourth-order valence-corrected chi connectivity index (χ4v) is 9.04. The van der Waals surface area contributed by atoms with Crippen LogP contribution in [0.2, 0.25) is 0 Å². The van der Waals surface area contributed by atoms with Gasteiger partial charge in [0.05, 0.1) is 17.3 Å². The number of fused-ring (bicyclic) bond motifs is 1. The molecule has 6 aliphatic rings. The number of halogens is 1. The number of phenolic OH excluding ortho intramolecular Hbond substituents is 1. The van der Waals surface area contributed by atoms with Crippen molar-refractivity contribution >= 4 is 5.91 Å². The third kappa shape index (κ3) is 2.52. The average molecular weight is 475 g/mol. The van der Waals surface area contributed by atoms with Gasteiger partial charge in [0.1, 0.15) is 11.6 Å². The number of amides is 1. The molecule has 2 saturated carbocycles. The zero-order chi connectivity index (χ0) is 23.5. The summed E-state index contributed by atoms with van der Waals surface area (Å²) in [5, 5.41) is 10.6. The van der Waals surface area contributed by atoms with Crippen molar-refractivity contribution in [2.24, 2.45) is 11.8 Å². The molecule has 0 aromatic heterocycles. The first-order valence-corrected chi connectivity index (χ1v) is 13.3. The van der Waals surface area contributed by atoms with Gasteiger partial charge in [-0.3, -0.25) is 9.69 Å². The maximum Gasteiger partial charge on any atom is 0.257 e. The van der Waals surface area contributed by atoms with Gasteiger partial charge in [-0.15, -0.1) is 0 Å². The molecule has 3 aliphatic heterocycles. The number of rotatable bonds is 3. The first kappa shape index (κ1) is 20.7. The molecule has 1 N–H and O–H groups in total. The molecule has 4 bridgehead atoms. The molecule has 1 amide bonds. The maximum absolute atomic E-state index is 14.6. The summed E-state index contributed by atoms with van der Waals surface area (Å²) in [4.78, 5) is 18.2. The summed E-state index contributed by atoms with van der Waals surface area (Å²) < 4.78 is 21.8. The van der Waals surface area contributed by atoms with Crippen molar-refractivity contribution in [2.45, 2.75) is 67.7 Å². The molecule has 8 rings (SSSR count). The van der Waals surface area contributed by atoms with E-state index in [0.29, 0.717) is 18.3 Å². The number of carbonyl (C=O) groups excluding carboxylic acids is 1. The normalized spacial score (nSPS) is 38.8. The second kappa shape index (κ2) is 6.86. The van der Waals surface area contributed by atoms with E-state index in [1.807, 2.05) is 17.0 Å². The molecule has 6 heteroatoms. The van der Waals surface area contributed by atoms with Crippen LogP contribution < -0.4 is 0 Å². The predicted molar refractivity (Wildman–Crippen MR) is 128 cm³/mol. The second-order valence-corrected chi connectivity index (χ2v) is 11.8. The SMILES string of the molecule is O=C(c1ccccc1F)N1C[C@H]2O[C@@]34CC[C@@H]1[C@@H]2[C@@]31CCN(CC2CC2)[C@@H]4Cc2ccc(O)cc21. The highest BCUT2D eigenvalue weighted by molar-refractivity contribution is 5.95. The fraction of sp³-hybridized carbons (Fsp3) is 0.552. The van der Waals surface area contributed by atoms with E-state index in [0.717, 1.165) is 44.7 Å². The van der Waals surface area contributed by atoms with Crippen LogP contribution in [0.1, 0.15) is 53.6 Å². The van der Waals surface area contributed by atoms with E-state index in [2.05, 4.69) is 11.0 Å².